The number of anilines is 1. The minimum absolute atomic E-state index is 0.0846. The number of hydrogen-bond acceptors (Lipinski definition) is 4. The highest BCUT2D eigenvalue weighted by atomic mass is 35.5. The molecular weight excluding hydrogens is 426 g/mol. The third kappa shape index (κ3) is 4.75. The smallest absolute Gasteiger partial charge is 0.256 e. The minimum atomic E-state index is -0.177. The Labute approximate surface area is 193 Å². The number of fused-ring (bicyclic) bond motifs is 1. The Morgan fingerprint density at radius 3 is 2.72 bits per heavy atom. The molecule has 2 aliphatic heterocycles. The Morgan fingerprint density at radius 1 is 1.22 bits per heavy atom. The van der Waals surface area contributed by atoms with Crippen LogP contribution in [0.1, 0.15) is 39.3 Å². The van der Waals surface area contributed by atoms with Crippen LogP contribution in [0.4, 0.5) is 5.69 Å². The van der Waals surface area contributed by atoms with Crippen LogP contribution < -0.4 is 10.6 Å². The second-order valence-corrected chi connectivity index (χ2v) is 9.06. The van der Waals surface area contributed by atoms with E-state index in [1.54, 1.807) is 24.3 Å². The maximum atomic E-state index is 12.9. The number of carbonyl (C=O) groups is 2. The van der Waals surface area contributed by atoms with Crippen molar-refractivity contribution >= 4 is 40.8 Å². The summed E-state index contributed by atoms with van der Waals surface area (Å²) in [5.41, 5.74) is 5.05. The van der Waals surface area contributed by atoms with Crippen LogP contribution in [0, 0.1) is 13.8 Å². The van der Waals surface area contributed by atoms with Crippen molar-refractivity contribution in [3.8, 4) is 0 Å². The van der Waals surface area contributed by atoms with Crippen LogP contribution in [0.5, 0.6) is 0 Å². The van der Waals surface area contributed by atoms with Gasteiger partial charge in [-0.3, -0.25) is 9.59 Å². The van der Waals surface area contributed by atoms with Gasteiger partial charge in [0, 0.05) is 60.4 Å². The first-order valence-electron chi connectivity index (χ1n) is 11.0. The second kappa shape index (κ2) is 9.48. The van der Waals surface area contributed by atoms with Gasteiger partial charge in [-0.15, -0.1) is 0 Å². The summed E-state index contributed by atoms with van der Waals surface area (Å²) in [5, 5.41) is 6.48. The molecule has 1 aromatic heterocycles. The van der Waals surface area contributed by atoms with Crippen molar-refractivity contribution in [1.29, 1.82) is 0 Å². The third-order valence-electron chi connectivity index (χ3n) is 6.29. The number of nitrogens with one attached hydrogen (secondary N) is 3. The highest BCUT2D eigenvalue weighted by molar-refractivity contribution is 6.36. The predicted octanol–water partition coefficient (Wildman–Crippen LogP) is 3.14. The fourth-order valence-electron chi connectivity index (χ4n) is 4.37. The largest absolute Gasteiger partial charge is 0.358 e. The molecule has 0 unspecified atom stereocenters. The molecule has 1 fully saturated rings. The van der Waals surface area contributed by atoms with E-state index in [1.807, 2.05) is 13.8 Å². The van der Waals surface area contributed by atoms with E-state index in [0.717, 1.165) is 67.3 Å². The summed E-state index contributed by atoms with van der Waals surface area (Å²) < 4.78 is 0. The zero-order chi connectivity index (χ0) is 22.8. The molecule has 8 heteroatoms. The van der Waals surface area contributed by atoms with Crippen LogP contribution in [0.3, 0.4) is 0 Å². The van der Waals surface area contributed by atoms with Gasteiger partial charge in [-0.25, -0.2) is 0 Å². The van der Waals surface area contributed by atoms with E-state index in [-0.39, 0.29) is 11.8 Å². The number of likely N-dealkylation sites (N-methyl/N-ethyl adjacent to an activating group) is 1. The molecule has 2 amide bonds. The van der Waals surface area contributed by atoms with Crippen LogP contribution in [-0.2, 0) is 4.79 Å². The van der Waals surface area contributed by atoms with Crippen molar-refractivity contribution in [2.24, 2.45) is 0 Å². The monoisotopic (exact) mass is 455 g/mol. The van der Waals surface area contributed by atoms with Crippen molar-refractivity contribution in [2.75, 3.05) is 51.6 Å². The molecule has 0 aliphatic carbocycles. The van der Waals surface area contributed by atoms with Gasteiger partial charge in [0.15, 0.2) is 0 Å². The van der Waals surface area contributed by atoms with E-state index < -0.39 is 0 Å². The standard InChI is InChI=1S/C24H30ClN5O2/c1-15-21(14-19-18-13-17(25)5-6-20(18)28-23(19)31)27-16(2)22(15)24(32)26-7-4-8-30-11-9-29(3)10-12-30/h5-6,13-14,27H,4,7-12H2,1-3H3,(H,26,32)(H,28,31)/b19-14-. The molecule has 4 rings (SSSR count). The molecule has 7 nitrogen and oxygen atoms in total. The maximum absolute atomic E-state index is 12.9. The quantitative estimate of drug-likeness (QED) is 0.461. The first kappa shape index (κ1) is 22.6. The van der Waals surface area contributed by atoms with Crippen LogP contribution >= 0.6 is 11.6 Å². The molecule has 0 atom stereocenters. The first-order chi connectivity index (χ1) is 15.3. The first-order valence-corrected chi connectivity index (χ1v) is 11.4. The Morgan fingerprint density at radius 2 is 1.97 bits per heavy atom. The number of carbonyl (C=O) groups excluding carboxylic acids is 2. The molecule has 32 heavy (non-hydrogen) atoms. The minimum Gasteiger partial charge on any atom is -0.358 e. The van der Waals surface area contributed by atoms with Crippen LogP contribution in [0.15, 0.2) is 18.2 Å². The predicted molar refractivity (Wildman–Crippen MR) is 129 cm³/mol. The maximum Gasteiger partial charge on any atom is 0.256 e. The molecule has 0 saturated carbocycles. The number of aryl methyl sites for hydroxylation is 1. The van der Waals surface area contributed by atoms with Gasteiger partial charge in [0.25, 0.3) is 11.8 Å². The molecule has 2 aliphatic rings. The summed E-state index contributed by atoms with van der Waals surface area (Å²) in [5.74, 6) is -0.262. The molecule has 3 N–H and O–H groups in total. The van der Waals surface area contributed by atoms with Gasteiger partial charge in [0.1, 0.15) is 0 Å². The summed E-state index contributed by atoms with van der Waals surface area (Å²) in [6.07, 6.45) is 2.72. The van der Waals surface area contributed by atoms with Gasteiger partial charge in [-0.2, -0.15) is 0 Å². The van der Waals surface area contributed by atoms with Gasteiger partial charge in [0.05, 0.1) is 11.1 Å². The molecule has 0 radical (unpaired) electrons. The normalized spacial score (nSPS) is 18.1. The molecular formula is C24H30ClN5O2. The summed E-state index contributed by atoms with van der Waals surface area (Å²) >= 11 is 6.13. The highest BCUT2D eigenvalue weighted by Gasteiger charge is 2.26. The van der Waals surface area contributed by atoms with Crippen molar-refractivity contribution in [2.45, 2.75) is 20.3 Å². The van der Waals surface area contributed by atoms with E-state index in [2.05, 4.69) is 32.5 Å². The van der Waals surface area contributed by atoms with Crippen LogP contribution in [0.25, 0.3) is 11.6 Å². The SMILES string of the molecule is Cc1[nH]c(/C=C2\C(=O)Nc3ccc(Cl)cc32)c(C)c1C(=O)NCCCN1CCN(C)CC1. The number of piperazine rings is 1. The van der Waals surface area contributed by atoms with E-state index in [4.69, 9.17) is 11.6 Å². The number of halogens is 1. The number of aromatic amines is 1. The number of benzene rings is 1. The lowest BCUT2D eigenvalue weighted by Crippen LogP contribution is -2.45. The second-order valence-electron chi connectivity index (χ2n) is 8.62. The molecule has 170 valence electrons. The van der Waals surface area contributed by atoms with Crippen molar-refractivity contribution in [3.05, 3.63) is 51.3 Å². The zero-order valence-corrected chi connectivity index (χ0v) is 19.6. The Hall–Kier alpha value is -2.61. The Bertz CT molecular complexity index is 1070. The van der Waals surface area contributed by atoms with E-state index in [0.29, 0.717) is 22.7 Å². The summed E-state index contributed by atoms with van der Waals surface area (Å²) in [6, 6.07) is 5.32. The van der Waals surface area contributed by atoms with Gasteiger partial charge in [-0.1, -0.05) is 11.6 Å². The summed E-state index contributed by atoms with van der Waals surface area (Å²) in [6.45, 7) is 9.78. The lowest BCUT2D eigenvalue weighted by Gasteiger charge is -2.32. The number of aromatic nitrogens is 1. The topological polar surface area (TPSA) is 80.5 Å². The molecule has 1 aromatic carbocycles. The van der Waals surface area contributed by atoms with Crippen molar-refractivity contribution < 1.29 is 9.59 Å². The molecule has 3 heterocycles. The average molecular weight is 456 g/mol. The van der Waals surface area contributed by atoms with E-state index in [1.165, 1.54) is 0 Å². The molecule has 1 saturated heterocycles. The van der Waals surface area contributed by atoms with Crippen LogP contribution in [0.2, 0.25) is 5.02 Å². The fraction of sp³-hybridized carbons (Fsp3) is 0.417. The zero-order valence-electron chi connectivity index (χ0n) is 18.8. The van der Waals surface area contributed by atoms with Gasteiger partial charge in [0.2, 0.25) is 0 Å². The van der Waals surface area contributed by atoms with Crippen LogP contribution in [-0.4, -0.2) is 72.9 Å². The number of hydrogen-bond donors (Lipinski definition) is 3. The number of amides is 2. The molecule has 0 spiro atoms. The number of nitrogens with zero attached hydrogens (tertiary/aromatic N) is 2. The van der Waals surface area contributed by atoms with E-state index >= 15 is 0 Å². The van der Waals surface area contributed by atoms with Crippen molar-refractivity contribution in [1.82, 2.24) is 20.1 Å². The van der Waals surface area contributed by atoms with Gasteiger partial charge in [-0.05, 0) is 63.7 Å². The van der Waals surface area contributed by atoms with Crippen molar-refractivity contribution in [3.63, 3.8) is 0 Å². The highest BCUT2D eigenvalue weighted by Crippen LogP contribution is 2.35. The summed E-state index contributed by atoms with van der Waals surface area (Å²) in [7, 11) is 2.15. The lowest BCUT2D eigenvalue weighted by molar-refractivity contribution is -0.110. The summed E-state index contributed by atoms with van der Waals surface area (Å²) in [4.78, 5) is 33.4. The molecule has 0 bridgehead atoms. The Kier molecular flexibility index (Phi) is 6.69. The van der Waals surface area contributed by atoms with Gasteiger partial charge < -0.3 is 25.4 Å². The molecule has 2 aromatic rings. The Balaban J connectivity index is 1.42. The number of rotatable bonds is 6. The lowest BCUT2D eigenvalue weighted by atomic mass is 10.0. The average Bonchev–Trinajstić information content (AvgIpc) is 3.21. The third-order valence-corrected chi connectivity index (χ3v) is 6.52. The van der Waals surface area contributed by atoms with Gasteiger partial charge >= 0.3 is 0 Å². The van der Waals surface area contributed by atoms with E-state index in [9.17, 15) is 9.59 Å². The fourth-order valence-corrected chi connectivity index (χ4v) is 4.54. The number of H-pyrrole nitrogens is 1.